The van der Waals surface area contributed by atoms with Gasteiger partial charge in [-0.2, -0.15) is 0 Å². The molecule has 0 aromatic heterocycles. The van der Waals surface area contributed by atoms with E-state index in [1.165, 1.54) is 7.11 Å². The molecule has 0 fully saturated rings. The highest BCUT2D eigenvalue weighted by Crippen LogP contribution is 2.48. The third kappa shape index (κ3) is 2.41. The Bertz CT molecular complexity index is 989. The first-order chi connectivity index (χ1) is 12.5. The minimum atomic E-state index is -0.641. The van der Waals surface area contributed by atoms with Crippen LogP contribution in [0.3, 0.4) is 0 Å². The summed E-state index contributed by atoms with van der Waals surface area (Å²) in [6.07, 6.45) is 0. The number of ether oxygens (including phenoxy) is 1. The molecule has 5 heteroatoms. The van der Waals surface area contributed by atoms with Gasteiger partial charge in [0, 0.05) is 33.4 Å². The van der Waals surface area contributed by atoms with Crippen molar-refractivity contribution < 1.29 is 14.3 Å². The van der Waals surface area contributed by atoms with Crippen LogP contribution in [0.4, 0.5) is 0 Å². The number of allylic oxidation sites excluding steroid dienone is 1. The number of rotatable bonds is 2. The average molecular weight is 366 g/mol. The molecule has 0 amide bonds. The van der Waals surface area contributed by atoms with Crippen LogP contribution >= 0.6 is 11.6 Å². The summed E-state index contributed by atoms with van der Waals surface area (Å²) in [6, 6.07) is 14.6. The predicted octanol–water partition coefficient (Wildman–Crippen LogP) is 4.29. The highest BCUT2D eigenvalue weighted by molar-refractivity contribution is 6.30. The number of esters is 1. The van der Waals surface area contributed by atoms with Crippen LogP contribution in [0, 0.1) is 5.92 Å². The van der Waals surface area contributed by atoms with Gasteiger partial charge in [-0.1, -0.05) is 48.0 Å². The van der Waals surface area contributed by atoms with E-state index in [1.54, 1.807) is 25.1 Å². The van der Waals surface area contributed by atoms with Crippen LogP contribution in [0.5, 0.6) is 0 Å². The Morgan fingerprint density at radius 2 is 1.73 bits per heavy atom. The Hall–Kier alpha value is -2.72. The second-order valence-corrected chi connectivity index (χ2v) is 6.86. The lowest BCUT2D eigenvalue weighted by molar-refractivity contribution is -0.143. The van der Waals surface area contributed by atoms with E-state index in [2.05, 4.69) is 4.99 Å². The summed E-state index contributed by atoms with van der Waals surface area (Å²) in [5.74, 6) is -1.58. The molecule has 1 aliphatic carbocycles. The maximum atomic E-state index is 13.1. The zero-order valence-corrected chi connectivity index (χ0v) is 15.1. The van der Waals surface area contributed by atoms with Gasteiger partial charge < -0.3 is 4.74 Å². The summed E-state index contributed by atoms with van der Waals surface area (Å²) in [4.78, 5) is 30.3. The molecule has 2 aromatic rings. The second kappa shape index (κ2) is 6.22. The first-order valence-electron chi connectivity index (χ1n) is 8.29. The van der Waals surface area contributed by atoms with Gasteiger partial charge in [0.05, 0.1) is 12.8 Å². The quantitative estimate of drug-likeness (QED) is 0.746. The predicted molar refractivity (Wildman–Crippen MR) is 101 cm³/mol. The lowest BCUT2D eigenvalue weighted by Gasteiger charge is -2.30. The normalized spacial score (nSPS) is 21.2. The molecule has 0 spiro atoms. The molecule has 2 aliphatic rings. The number of carbonyl (C=O) groups is 2. The van der Waals surface area contributed by atoms with Gasteiger partial charge in [0.25, 0.3) is 0 Å². The average Bonchev–Trinajstić information content (AvgIpc) is 2.93. The van der Waals surface area contributed by atoms with E-state index < -0.39 is 17.8 Å². The molecule has 1 unspecified atom stereocenters. The largest absolute Gasteiger partial charge is 0.468 e. The summed E-state index contributed by atoms with van der Waals surface area (Å²) in [7, 11) is 1.35. The molecule has 1 heterocycles. The maximum Gasteiger partial charge on any atom is 0.315 e. The number of halogens is 1. The monoisotopic (exact) mass is 365 g/mol. The number of nitrogens with zero attached hydrogens (tertiary/aromatic N) is 1. The van der Waals surface area contributed by atoms with Gasteiger partial charge in [0.15, 0.2) is 5.78 Å². The van der Waals surface area contributed by atoms with E-state index in [1.807, 2.05) is 30.3 Å². The van der Waals surface area contributed by atoms with E-state index >= 15 is 0 Å². The SMILES string of the molecule is COC(=O)C1C(C)=NC2=C(C(=O)c3ccccc32)[C@H]1c1ccc(Cl)cc1. The number of methoxy groups -OCH3 is 1. The molecular weight excluding hydrogens is 350 g/mol. The number of ketones is 1. The molecular formula is C21H16ClNO3. The number of Topliss-reactive ketones (excluding diaryl/α,β-unsaturated/α-hetero) is 1. The van der Waals surface area contributed by atoms with Crippen molar-refractivity contribution in [1.29, 1.82) is 0 Å². The molecule has 0 saturated heterocycles. The highest BCUT2D eigenvalue weighted by atomic mass is 35.5. The Balaban J connectivity index is 1.95. The number of benzene rings is 2. The van der Waals surface area contributed by atoms with Gasteiger partial charge in [-0.25, -0.2) is 0 Å². The third-order valence-corrected chi connectivity index (χ3v) is 5.25. The minimum Gasteiger partial charge on any atom is -0.468 e. The molecule has 2 aromatic carbocycles. The van der Waals surface area contributed by atoms with Crippen molar-refractivity contribution in [2.75, 3.05) is 7.11 Å². The van der Waals surface area contributed by atoms with Crippen LogP contribution in [-0.2, 0) is 9.53 Å². The maximum absolute atomic E-state index is 13.1. The number of hydrogen-bond acceptors (Lipinski definition) is 4. The Labute approximate surface area is 156 Å². The zero-order chi connectivity index (χ0) is 18.4. The molecule has 4 nitrogen and oxygen atoms in total. The molecule has 0 saturated carbocycles. The summed E-state index contributed by atoms with van der Waals surface area (Å²) in [5, 5.41) is 0.597. The van der Waals surface area contributed by atoms with E-state index in [9.17, 15) is 9.59 Å². The third-order valence-electron chi connectivity index (χ3n) is 4.99. The van der Waals surface area contributed by atoms with E-state index in [0.717, 1.165) is 11.1 Å². The van der Waals surface area contributed by atoms with E-state index in [0.29, 0.717) is 27.6 Å². The van der Waals surface area contributed by atoms with Crippen molar-refractivity contribution in [3.05, 3.63) is 75.8 Å². The first kappa shape index (κ1) is 16.7. The van der Waals surface area contributed by atoms with Gasteiger partial charge in [-0.05, 0) is 24.6 Å². The van der Waals surface area contributed by atoms with Crippen LogP contribution in [0.15, 0.2) is 59.1 Å². The summed E-state index contributed by atoms with van der Waals surface area (Å²) in [5.41, 5.74) is 4.12. The van der Waals surface area contributed by atoms with Crippen molar-refractivity contribution in [3.8, 4) is 0 Å². The fourth-order valence-electron chi connectivity index (χ4n) is 3.81. The smallest absolute Gasteiger partial charge is 0.315 e. The summed E-state index contributed by atoms with van der Waals surface area (Å²) >= 11 is 6.02. The van der Waals surface area contributed by atoms with Crippen LogP contribution in [-0.4, -0.2) is 24.6 Å². The topological polar surface area (TPSA) is 55.7 Å². The van der Waals surface area contributed by atoms with E-state index in [-0.39, 0.29) is 5.78 Å². The van der Waals surface area contributed by atoms with Crippen molar-refractivity contribution in [1.82, 2.24) is 0 Å². The number of aliphatic imine (C=N–C) groups is 1. The van der Waals surface area contributed by atoms with Gasteiger partial charge in [0.2, 0.25) is 0 Å². The lowest BCUT2D eigenvalue weighted by atomic mass is 9.75. The number of hydrogen-bond donors (Lipinski definition) is 0. The second-order valence-electron chi connectivity index (χ2n) is 6.42. The van der Waals surface area contributed by atoms with Crippen molar-refractivity contribution in [2.45, 2.75) is 12.8 Å². The van der Waals surface area contributed by atoms with Gasteiger partial charge in [-0.3, -0.25) is 14.6 Å². The van der Waals surface area contributed by atoms with Crippen molar-refractivity contribution in [2.24, 2.45) is 10.9 Å². The Morgan fingerprint density at radius 3 is 2.38 bits per heavy atom. The molecule has 26 heavy (non-hydrogen) atoms. The Morgan fingerprint density at radius 1 is 1.08 bits per heavy atom. The van der Waals surface area contributed by atoms with Gasteiger partial charge in [-0.15, -0.1) is 0 Å². The molecule has 1 aliphatic heterocycles. The number of carbonyl (C=O) groups excluding carboxylic acids is 2. The Kier molecular flexibility index (Phi) is 4.00. The lowest BCUT2D eigenvalue weighted by Crippen LogP contribution is -2.34. The molecule has 0 N–H and O–H groups in total. The summed E-state index contributed by atoms with van der Waals surface area (Å²) in [6.45, 7) is 1.81. The highest BCUT2D eigenvalue weighted by Gasteiger charge is 2.45. The van der Waals surface area contributed by atoms with Crippen LogP contribution in [0.2, 0.25) is 5.02 Å². The van der Waals surface area contributed by atoms with Crippen molar-refractivity contribution >= 4 is 34.8 Å². The molecule has 130 valence electrons. The standard InChI is InChI=1S/C21H16ClNO3/c1-11-16(21(25)26-2)17(12-7-9-13(22)10-8-12)18-19(23-11)14-5-3-4-6-15(14)20(18)24/h3-10,16-17H,1-2H3/t16?,17-/m0/s1. The molecule has 2 atom stereocenters. The van der Waals surface area contributed by atoms with Crippen LogP contribution in [0.1, 0.15) is 34.3 Å². The molecule has 4 rings (SSSR count). The molecule has 0 radical (unpaired) electrons. The molecule has 0 bridgehead atoms. The van der Waals surface area contributed by atoms with E-state index in [4.69, 9.17) is 16.3 Å². The first-order valence-corrected chi connectivity index (χ1v) is 8.67. The van der Waals surface area contributed by atoms with Crippen LogP contribution < -0.4 is 0 Å². The van der Waals surface area contributed by atoms with Crippen LogP contribution in [0.25, 0.3) is 5.70 Å². The fourth-order valence-corrected chi connectivity index (χ4v) is 3.94. The van der Waals surface area contributed by atoms with Crippen molar-refractivity contribution in [3.63, 3.8) is 0 Å². The summed E-state index contributed by atoms with van der Waals surface area (Å²) < 4.78 is 5.02. The van der Waals surface area contributed by atoms with Gasteiger partial charge >= 0.3 is 5.97 Å². The minimum absolute atomic E-state index is 0.0827. The zero-order valence-electron chi connectivity index (χ0n) is 14.3. The van der Waals surface area contributed by atoms with Gasteiger partial charge in [0.1, 0.15) is 5.92 Å². The fraction of sp³-hybridized carbons (Fsp3) is 0.190. The number of fused-ring (bicyclic) bond motifs is 2.